The van der Waals surface area contributed by atoms with Gasteiger partial charge in [-0.15, -0.1) is 0 Å². The minimum atomic E-state index is -0.253. The van der Waals surface area contributed by atoms with Crippen molar-refractivity contribution in [3.05, 3.63) is 29.3 Å². The van der Waals surface area contributed by atoms with Crippen LogP contribution >= 0.6 is 0 Å². The summed E-state index contributed by atoms with van der Waals surface area (Å²) in [6.07, 6.45) is 0.740. The Morgan fingerprint density at radius 1 is 1.35 bits per heavy atom. The Morgan fingerprint density at radius 3 is 2.53 bits per heavy atom. The number of Topliss-reactive ketones (excluding diaryl/α,β-unsaturated/α-hetero) is 1. The lowest BCUT2D eigenvalue weighted by molar-refractivity contribution is -0.138. The third-order valence-corrected chi connectivity index (χ3v) is 2.82. The molecular formula is C14H18O3. The van der Waals surface area contributed by atoms with Crippen molar-refractivity contribution in [1.29, 1.82) is 0 Å². The predicted molar refractivity (Wildman–Crippen MR) is 66.3 cm³/mol. The van der Waals surface area contributed by atoms with Gasteiger partial charge >= 0.3 is 5.97 Å². The molecule has 0 aliphatic heterocycles. The summed E-state index contributed by atoms with van der Waals surface area (Å²) in [6.45, 7) is 7.10. The van der Waals surface area contributed by atoms with E-state index in [1.165, 1.54) is 6.92 Å². The molecule has 1 aromatic rings. The molecule has 1 rings (SSSR count). The van der Waals surface area contributed by atoms with Gasteiger partial charge in [-0.05, 0) is 31.9 Å². The normalized spacial score (nSPS) is 12.0. The van der Waals surface area contributed by atoms with Gasteiger partial charge in [-0.3, -0.25) is 9.59 Å². The topological polar surface area (TPSA) is 43.4 Å². The molecule has 0 bridgehead atoms. The van der Waals surface area contributed by atoms with Crippen molar-refractivity contribution in [3.8, 4) is 5.75 Å². The second-order valence-corrected chi connectivity index (χ2v) is 4.27. The van der Waals surface area contributed by atoms with E-state index in [2.05, 4.69) is 0 Å². The molecule has 1 atom stereocenters. The number of aryl methyl sites for hydroxylation is 1. The first-order valence-electron chi connectivity index (χ1n) is 5.79. The third kappa shape index (κ3) is 3.41. The molecule has 0 aliphatic carbocycles. The van der Waals surface area contributed by atoms with E-state index in [-0.39, 0.29) is 17.7 Å². The Bertz CT molecular complexity index is 435. The van der Waals surface area contributed by atoms with Crippen molar-refractivity contribution in [2.24, 2.45) is 5.92 Å². The van der Waals surface area contributed by atoms with Crippen LogP contribution in [0.5, 0.6) is 5.75 Å². The monoisotopic (exact) mass is 234 g/mol. The van der Waals surface area contributed by atoms with Crippen LogP contribution < -0.4 is 4.74 Å². The van der Waals surface area contributed by atoms with Crippen LogP contribution in [0.15, 0.2) is 18.2 Å². The van der Waals surface area contributed by atoms with E-state index >= 15 is 0 Å². The van der Waals surface area contributed by atoms with E-state index in [0.717, 1.165) is 12.0 Å². The van der Waals surface area contributed by atoms with Crippen molar-refractivity contribution in [2.75, 3.05) is 0 Å². The molecule has 0 saturated carbocycles. The zero-order chi connectivity index (χ0) is 13.0. The van der Waals surface area contributed by atoms with Crippen molar-refractivity contribution >= 4 is 11.8 Å². The van der Waals surface area contributed by atoms with E-state index in [0.29, 0.717) is 11.3 Å². The molecule has 0 saturated heterocycles. The smallest absolute Gasteiger partial charge is 0.314 e. The fourth-order valence-electron chi connectivity index (χ4n) is 1.30. The number of esters is 1. The van der Waals surface area contributed by atoms with Gasteiger partial charge in [0.25, 0.3) is 0 Å². The highest BCUT2D eigenvalue weighted by Crippen LogP contribution is 2.21. The van der Waals surface area contributed by atoms with Gasteiger partial charge < -0.3 is 4.74 Å². The lowest BCUT2D eigenvalue weighted by Crippen LogP contribution is -2.17. The molecule has 0 radical (unpaired) electrons. The van der Waals surface area contributed by atoms with Crippen LogP contribution in [0.3, 0.4) is 0 Å². The SMILES string of the molecule is CCC(C)C(=O)Oc1cc(C(C)=O)ccc1C. The Balaban J connectivity index is 2.94. The zero-order valence-electron chi connectivity index (χ0n) is 10.7. The molecule has 0 N–H and O–H groups in total. The van der Waals surface area contributed by atoms with Crippen molar-refractivity contribution in [2.45, 2.75) is 34.1 Å². The summed E-state index contributed by atoms with van der Waals surface area (Å²) in [7, 11) is 0. The second-order valence-electron chi connectivity index (χ2n) is 4.27. The number of rotatable bonds is 4. The highest BCUT2D eigenvalue weighted by atomic mass is 16.5. The second kappa shape index (κ2) is 5.62. The Kier molecular flexibility index (Phi) is 4.44. The highest BCUT2D eigenvalue weighted by Gasteiger charge is 2.15. The Hall–Kier alpha value is -1.64. The minimum Gasteiger partial charge on any atom is -0.426 e. The fraction of sp³-hybridized carbons (Fsp3) is 0.429. The standard InChI is InChI=1S/C14H18O3/c1-5-9(2)14(16)17-13-8-12(11(4)15)7-6-10(13)3/h6-9H,5H2,1-4H3. The molecule has 0 heterocycles. The predicted octanol–water partition coefficient (Wildman–Crippen LogP) is 3.15. The largest absolute Gasteiger partial charge is 0.426 e. The van der Waals surface area contributed by atoms with Crippen LogP contribution in [0.25, 0.3) is 0 Å². The van der Waals surface area contributed by atoms with Gasteiger partial charge in [0.1, 0.15) is 5.75 Å². The van der Waals surface area contributed by atoms with Gasteiger partial charge in [-0.1, -0.05) is 26.0 Å². The minimum absolute atomic E-state index is 0.0363. The molecule has 1 aromatic carbocycles. The number of carbonyl (C=O) groups is 2. The van der Waals surface area contributed by atoms with Gasteiger partial charge in [0, 0.05) is 5.56 Å². The van der Waals surface area contributed by atoms with Crippen molar-refractivity contribution in [1.82, 2.24) is 0 Å². The van der Waals surface area contributed by atoms with Gasteiger partial charge in [0.2, 0.25) is 0 Å². The van der Waals surface area contributed by atoms with Crippen LogP contribution in [0, 0.1) is 12.8 Å². The average Bonchev–Trinajstić information content (AvgIpc) is 2.30. The summed E-state index contributed by atoms with van der Waals surface area (Å²) < 4.78 is 5.30. The molecule has 3 nitrogen and oxygen atoms in total. The lowest BCUT2D eigenvalue weighted by Gasteiger charge is -2.11. The van der Waals surface area contributed by atoms with Crippen LogP contribution in [-0.2, 0) is 4.79 Å². The summed E-state index contributed by atoms with van der Waals surface area (Å²) >= 11 is 0. The summed E-state index contributed by atoms with van der Waals surface area (Å²) in [6, 6.07) is 5.14. The molecule has 0 aliphatic rings. The Morgan fingerprint density at radius 2 is 2.00 bits per heavy atom. The summed E-state index contributed by atoms with van der Waals surface area (Å²) in [5.41, 5.74) is 1.41. The summed E-state index contributed by atoms with van der Waals surface area (Å²) in [5, 5.41) is 0. The zero-order valence-corrected chi connectivity index (χ0v) is 10.7. The number of ketones is 1. The highest BCUT2D eigenvalue weighted by molar-refractivity contribution is 5.94. The maximum absolute atomic E-state index is 11.7. The number of hydrogen-bond acceptors (Lipinski definition) is 3. The average molecular weight is 234 g/mol. The first-order valence-corrected chi connectivity index (χ1v) is 5.79. The fourth-order valence-corrected chi connectivity index (χ4v) is 1.30. The Labute approximate surface area is 102 Å². The molecule has 17 heavy (non-hydrogen) atoms. The van der Waals surface area contributed by atoms with Crippen LogP contribution in [0.2, 0.25) is 0 Å². The molecular weight excluding hydrogens is 216 g/mol. The summed E-state index contributed by atoms with van der Waals surface area (Å²) in [4.78, 5) is 22.9. The molecule has 0 aromatic heterocycles. The molecule has 0 fully saturated rings. The van der Waals surface area contributed by atoms with Crippen LogP contribution in [0.1, 0.15) is 43.1 Å². The van der Waals surface area contributed by atoms with Crippen LogP contribution in [-0.4, -0.2) is 11.8 Å². The van der Waals surface area contributed by atoms with Gasteiger partial charge in [0.05, 0.1) is 5.92 Å². The van der Waals surface area contributed by atoms with Crippen molar-refractivity contribution < 1.29 is 14.3 Å². The summed E-state index contributed by atoms with van der Waals surface area (Å²) in [5.74, 6) is 0.0560. The van der Waals surface area contributed by atoms with Crippen LogP contribution in [0.4, 0.5) is 0 Å². The maximum atomic E-state index is 11.7. The van der Waals surface area contributed by atoms with Gasteiger partial charge in [0.15, 0.2) is 5.78 Å². The van der Waals surface area contributed by atoms with E-state index < -0.39 is 0 Å². The number of ether oxygens (including phenoxy) is 1. The number of benzene rings is 1. The lowest BCUT2D eigenvalue weighted by atomic mass is 10.1. The molecule has 3 heteroatoms. The number of carbonyl (C=O) groups excluding carboxylic acids is 2. The van der Waals surface area contributed by atoms with Gasteiger partial charge in [-0.2, -0.15) is 0 Å². The molecule has 0 spiro atoms. The molecule has 1 unspecified atom stereocenters. The van der Waals surface area contributed by atoms with E-state index in [4.69, 9.17) is 4.74 Å². The van der Waals surface area contributed by atoms with E-state index in [1.807, 2.05) is 20.8 Å². The first-order chi connectivity index (χ1) is 7.95. The maximum Gasteiger partial charge on any atom is 0.314 e. The quantitative estimate of drug-likeness (QED) is 0.456. The van der Waals surface area contributed by atoms with Crippen molar-refractivity contribution in [3.63, 3.8) is 0 Å². The van der Waals surface area contributed by atoms with E-state index in [9.17, 15) is 9.59 Å². The van der Waals surface area contributed by atoms with E-state index in [1.54, 1.807) is 18.2 Å². The molecule has 92 valence electrons. The van der Waals surface area contributed by atoms with Gasteiger partial charge in [-0.25, -0.2) is 0 Å². The third-order valence-electron chi connectivity index (χ3n) is 2.82. The molecule has 0 amide bonds. The first kappa shape index (κ1) is 13.4. The number of hydrogen-bond donors (Lipinski definition) is 0.